The van der Waals surface area contributed by atoms with Crippen molar-refractivity contribution in [1.29, 1.82) is 0 Å². The quantitative estimate of drug-likeness (QED) is 0.594. The molecular weight excluding hydrogens is 380 g/mol. The Labute approximate surface area is 171 Å². The molecule has 0 atom stereocenters. The molecular formula is C20H29ClN4O3. The average molecular weight is 409 g/mol. The van der Waals surface area contributed by atoms with Crippen molar-refractivity contribution >= 4 is 23.5 Å². The largest absolute Gasteiger partial charge is 0.381 e. The summed E-state index contributed by atoms with van der Waals surface area (Å²) in [5.74, 6) is 0.832. The smallest absolute Gasteiger partial charge is 0.242 e. The maximum Gasteiger partial charge on any atom is 0.242 e. The van der Waals surface area contributed by atoms with E-state index in [1.165, 1.54) is 0 Å². The van der Waals surface area contributed by atoms with Gasteiger partial charge in [0.2, 0.25) is 5.91 Å². The van der Waals surface area contributed by atoms with Gasteiger partial charge in [-0.25, -0.2) is 0 Å². The third kappa shape index (κ3) is 5.16. The molecule has 0 bridgehead atoms. The van der Waals surface area contributed by atoms with E-state index in [0.717, 1.165) is 30.9 Å². The minimum Gasteiger partial charge on any atom is -0.381 e. The van der Waals surface area contributed by atoms with Crippen molar-refractivity contribution in [3.05, 3.63) is 34.9 Å². The number of hydrogen-bond donors (Lipinski definition) is 1. The molecule has 2 fully saturated rings. The lowest BCUT2D eigenvalue weighted by atomic mass is 9.94. The first-order valence-electron chi connectivity index (χ1n) is 9.66. The normalized spacial score (nSPS) is 20.4. The third-order valence-corrected chi connectivity index (χ3v) is 5.77. The van der Waals surface area contributed by atoms with Crippen LogP contribution in [-0.4, -0.2) is 80.8 Å². The first-order valence-corrected chi connectivity index (χ1v) is 10.0. The van der Waals surface area contributed by atoms with Gasteiger partial charge in [0.25, 0.3) is 0 Å². The monoisotopic (exact) mass is 408 g/mol. The highest BCUT2D eigenvalue weighted by molar-refractivity contribution is 6.30. The molecule has 7 nitrogen and oxygen atoms in total. The number of aliphatic imine (C=N–C) groups is 1. The molecule has 0 saturated carbocycles. The molecule has 154 valence electrons. The molecule has 8 heteroatoms. The number of hydrogen-bond acceptors (Lipinski definition) is 4. The molecule has 1 aromatic rings. The second-order valence-electron chi connectivity index (χ2n) is 7.26. The van der Waals surface area contributed by atoms with Gasteiger partial charge in [0.15, 0.2) is 5.96 Å². The molecule has 0 aromatic heterocycles. The van der Waals surface area contributed by atoms with Crippen LogP contribution in [0.1, 0.15) is 18.4 Å². The highest BCUT2D eigenvalue weighted by Gasteiger charge is 2.33. The van der Waals surface area contributed by atoms with Gasteiger partial charge in [0.1, 0.15) is 0 Å². The lowest BCUT2D eigenvalue weighted by Crippen LogP contribution is -2.57. The molecule has 1 aromatic carbocycles. The Morgan fingerprint density at radius 1 is 1.29 bits per heavy atom. The van der Waals surface area contributed by atoms with Crippen LogP contribution in [0.15, 0.2) is 29.3 Å². The van der Waals surface area contributed by atoms with Crippen molar-refractivity contribution in [3.8, 4) is 0 Å². The average Bonchev–Trinajstić information content (AvgIpc) is 2.72. The highest BCUT2D eigenvalue weighted by Crippen LogP contribution is 2.23. The first-order chi connectivity index (χ1) is 13.5. The number of nitrogens with zero attached hydrogens (tertiary/aromatic N) is 3. The van der Waals surface area contributed by atoms with Crippen molar-refractivity contribution < 1.29 is 14.3 Å². The number of methoxy groups -OCH3 is 1. The summed E-state index contributed by atoms with van der Waals surface area (Å²) in [5.41, 5.74) is 0.837. The molecule has 2 heterocycles. The maximum absolute atomic E-state index is 12.7. The third-order valence-electron chi connectivity index (χ3n) is 5.52. The van der Waals surface area contributed by atoms with Crippen LogP contribution in [0.2, 0.25) is 5.02 Å². The second-order valence-corrected chi connectivity index (χ2v) is 7.70. The summed E-state index contributed by atoms with van der Waals surface area (Å²) in [7, 11) is 3.49. The zero-order chi connectivity index (χ0) is 20.0. The predicted molar refractivity (Wildman–Crippen MR) is 110 cm³/mol. The summed E-state index contributed by atoms with van der Waals surface area (Å²) in [6.45, 7) is 4.37. The van der Waals surface area contributed by atoms with Gasteiger partial charge >= 0.3 is 0 Å². The summed E-state index contributed by atoms with van der Waals surface area (Å²) in [6, 6.07) is 7.62. The Kier molecular flexibility index (Phi) is 7.15. The van der Waals surface area contributed by atoms with E-state index in [1.807, 2.05) is 34.1 Å². The molecule has 28 heavy (non-hydrogen) atoms. The van der Waals surface area contributed by atoms with Gasteiger partial charge in [-0.1, -0.05) is 23.7 Å². The van der Waals surface area contributed by atoms with Crippen LogP contribution in [0, 0.1) is 0 Å². The Morgan fingerprint density at radius 2 is 2.00 bits per heavy atom. The van der Waals surface area contributed by atoms with Gasteiger partial charge in [-0.05, 0) is 17.7 Å². The van der Waals surface area contributed by atoms with Gasteiger partial charge in [0, 0.05) is 71.4 Å². The van der Waals surface area contributed by atoms with Crippen molar-refractivity contribution in [2.45, 2.75) is 25.0 Å². The zero-order valence-electron chi connectivity index (χ0n) is 16.6. The molecule has 2 aliphatic heterocycles. The van der Waals surface area contributed by atoms with Crippen LogP contribution in [0.4, 0.5) is 0 Å². The number of halogens is 1. The van der Waals surface area contributed by atoms with E-state index in [-0.39, 0.29) is 11.5 Å². The van der Waals surface area contributed by atoms with Gasteiger partial charge in [-0.2, -0.15) is 0 Å². The van der Waals surface area contributed by atoms with Gasteiger partial charge in [0.05, 0.1) is 12.1 Å². The number of amides is 1. The maximum atomic E-state index is 12.7. The minimum atomic E-state index is -0.241. The molecule has 0 spiro atoms. The molecule has 0 aliphatic carbocycles. The number of carbonyl (C=O) groups is 1. The number of carbonyl (C=O) groups excluding carboxylic acids is 1. The van der Waals surface area contributed by atoms with Crippen LogP contribution in [0.5, 0.6) is 0 Å². The summed E-state index contributed by atoms with van der Waals surface area (Å²) in [5, 5.41) is 4.10. The molecule has 2 aliphatic rings. The summed E-state index contributed by atoms with van der Waals surface area (Å²) >= 11 is 5.94. The second kappa shape index (κ2) is 9.58. The number of rotatable bonds is 5. The highest BCUT2D eigenvalue weighted by atomic mass is 35.5. The zero-order valence-corrected chi connectivity index (χ0v) is 17.4. The minimum absolute atomic E-state index is 0.0941. The van der Waals surface area contributed by atoms with E-state index in [4.69, 9.17) is 21.1 Å². The molecule has 0 unspecified atom stereocenters. The standard InChI is InChI=1S/C20H29ClN4O3/c1-22-19(23-15-20(27-2)7-11-28-12-8-20)25-10-9-24(18(26)14-25)13-16-3-5-17(21)6-4-16/h3-6H,7-15H2,1-2H3,(H,22,23). The van der Waals surface area contributed by atoms with Crippen LogP contribution >= 0.6 is 11.6 Å². The van der Waals surface area contributed by atoms with Crippen LogP contribution in [-0.2, 0) is 20.8 Å². The summed E-state index contributed by atoms with van der Waals surface area (Å²) < 4.78 is 11.2. The number of guanidine groups is 1. The molecule has 1 N–H and O–H groups in total. The van der Waals surface area contributed by atoms with Gasteiger partial charge < -0.3 is 24.6 Å². The number of piperazine rings is 1. The molecule has 2 saturated heterocycles. The fraction of sp³-hybridized carbons (Fsp3) is 0.600. The molecule has 3 rings (SSSR count). The Balaban J connectivity index is 1.54. The van der Waals surface area contributed by atoms with E-state index in [2.05, 4.69) is 10.3 Å². The van der Waals surface area contributed by atoms with Crippen molar-refractivity contribution in [3.63, 3.8) is 0 Å². The summed E-state index contributed by atoms with van der Waals surface area (Å²) in [6.07, 6.45) is 1.70. The van der Waals surface area contributed by atoms with Crippen molar-refractivity contribution in [2.24, 2.45) is 4.99 Å². The van der Waals surface area contributed by atoms with E-state index in [9.17, 15) is 4.79 Å². The fourth-order valence-electron chi connectivity index (χ4n) is 3.64. The fourth-order valence-corrected chi connectivity index (χ4v) is 3.76. The lowest BCUT2D eigenvalue weighted by molar-refractivity contribution is -0.135. The SMILES string of the molecule is CN=C(NCC1(OC)CCOCC1)N1CCN(Cc2ccc(Cl)cc2)C(=O)C1. The van der Waals surface area contributed by atoms with E-state index < -0.39 is 0 Å². The number of ether oxygens (including phenoxy) is 2. The first kappa shape index (κ1) is 20.9. The molecule has 0 radical (unpaired) electrons. The Hall–Kier alpha value is -1.83. The number of benzene rings is 1. The van der Waals surface area contributed by atoms with Crippen LogP contribution in [0.25, 0.3) is 0 Å². The van der Waals surface area contributed by atoms with Gasteiger partial charge in [-0.15, -0.1) is 0 Å². The van der Waals surface area contributed by atoms with Crippen molar-refractivity contribution in [2.75, 3.05) is 53.6 Å². The van der Waals surface area contributed by atoms with Crippen LogP contribution in [0.3, 0.4) is 0 Å². The van der Waals surface area contributed by atoms with E-state index >= 15 is 0 Å². The topological polar surface area (TPSA) is 66.4 Å². The summed E-state index contributed by atoms with van der Waals surface area (Å²) in [4.78, 5) is 20.9. The van der Waals surface area contributed by atoms with Crippen molar-refractivity contribution in [1.82, 2.24) is 15.1 Å². The number of nitrogens with one attached hydrogen (secondary N) is 1. The molecule has 1 amide bonds. The van der Waals surface area contributed by atoms with E-state index in [0.29, 0.717) is 44.4 Å². The van der Waals surface area contributed by atoms with Gasteiger partial charge in [-0.3, -0.25) is 9.79 Å². The Bertz CT molecular complexity index is 689. The van der Waals surface area contributed by atoms with E-state index in [1.54, 1.807) is 14.2 Å². The predicted octanol–water partition coefficient (Wildman–Crippen LogP) is 1.76. The lowest BCUT2D eigenvalue weighted by Gasteiger charge is -2.39. The van der Waals surface area contributed by atoms with Crippen LogP contribution < -0.4 is 5.32 Å². The Morgan fingerprint density at radius 3 is 2.61 bits per heavy atom.